The average molecular weight is 351 g/mol. The number of amides is 1. The van der Waals surface area contributed by atoms with E-state index >= 15 is 0 Å². The number of carbonyl (C=O) groups excluding carboxylic acids is 1. The van der Waals surface area contributed by atoms with Crippen LogP contribution in [-0.4, -0.2) is 29.9 Å². The number of nitrogens with one attached hydrogen (secondary N) is 1. The summed E-state index contributed by atoms with van der Waals surface area (Å²) in [7, 11) is 3.21. The molecule has 0 saturated heterocycles. The van der Waals surface area contributed by atoms with Crippen LogP contribution in [0, 0.1) is 0 Å². The summed E-state index contributed by atoms with van der Waals surface area (Å²) < 4.78 is 12.4. The van der Waals surface area contributed by atoms with Gasteiger partial charge in [0, 0.05) is 23.9 Å². The van der Waals surface area contributed by atoms with E-state index in [9.17, 15) is 4.79 Å². The van der Waals surface area contributed by atoms with Gasteiger partial charge in [-0.3, -0.25) is 9.48 Å². The smallest absolute Gasteiger partial charge is 0.276 e. The topological polar surface area (TPSA) is 65.4 Å². The molecule has 2 aromatic carbocycles. The van der Waals surface area contributed by atoms with Gasteiger partial charge in [0.25, 0.3) is 5.91 Å². The van der Waals surface area contributed by atoms with Crippen LogP contribution in [0.4, 0.5) is 5.69 Å². The van der Waals surface area contributed by atoms with Crippen LogP contribution >= 0.6 is 0 Å². The summed E-state index contributed by atoms with van der Waals surface area (Å²) in [5, 5.41) is 7.29. The molecule has 6 nitrogen and oxygen atoms in total. The number of aryl methyl sites for hydroxylation is 1. The van der Waals surface area contributed by atoms with Crippen LogP contribution in [0.3, 0.4) is 0 Å². The SMILES string of the molecule is CCn1nc(C(=O)Nc2cccc(OC)c2)cc1-c1ccccc1OC. The zero-order valence-corrected chi connectivity index (χ0v) is 15.0. The van der Waals surface area contributed by atoms with Crippen molar-refractivity contribution in [3.05, 3.63) is 60.3 Å². The molecular weight excluding hydrogens is 330 g/mol. The van der Waals surface area contributed by atoms with E-state index in [2.05, 4.69) is 10.4 Å². The van der Waals surface area contributed by atoms with Gasteiger partial charge in [0.1, 0.15) is 11.5 Å². The summed E-state index contributed by atoms with van der Waals surface area (Å²) in [6.07, 6.45) is 0. The quantitative estimate of drug-likeness (QED) is 0.733. The van der Waals surface area contributed by atoms with Crippen molar-refractivity contribution in [2.45, 2.75) is 13.5 Å². The molecule has 0 bridgehead atoms. The van der Waals surface area contributed by atoms with E-state index in [0.717, 1.165) is 17.0 Å². The van der Waals surface area contributed by atoms with E-state index < -0.39 is 0 Å². The van der Waals surface area contributed by atoms with Gasteiger partial charge in [-0.15, -0.1) is 0 Å². The normalized spacial score (nSPS) is 10.4. The first-order valence-corrected chi connectivity index (χ1v) is 8.33. The van der Waals surface area contributed by atoms with E-state index in [-0.39, 0.29) is 5.91 Å². The lowest BCUT2D eigenvalue weighted by molar-refractivity contribution is 0.102. The van der Waals surface area contributed by atoms with Gasteiger partial charge in [0.15, 0.2) is 5.69 Å². The highest BCUT2D eigenvalue weighted by Gasteiger charge is 2.17. The third-order valence-electron chi connectivity index (χ3n) is 4.02. The lowest BCUT2D eigenvalue weighted by Gasteiger charge is -2.09. The van der Waals surface area contributed by atoms with E-state index in [1.165, 1.54) is 0 Å². The number of hydrogen-bond acceptors (Lipinski definition) is 4. The molecule has 6 heteroatoms. The number of benzene rings is 2. The molecule has 0 unspecified atom stereocenters. The van der Waals surface area contributed by atoms with Crippen molar-refractivity contribution in [1.82, 2.24) is 9.78 Å². The Balaban J connectivity index is 1.91. The summed E-state index contributed by atoms with van der Waals surface area (Å²) in [5.74, 6) is 1.14. The molecule has 0 aliphatic heterocycles. The molecule has 0 saturated carbocycles. The van der Waals surface area contributed by atoms with Gasteiger partial charge in [0.05, 0.1) is 19.9 Å². The standard InChI is InChI=1S/C20H21N3O3/c1-4-23-18(16-10-5-6-11-19(16)26-3)13-17(22-23)20(24)21-14-8-7-9-15(12-14)25-2/h5-13H,4H2,1-3H3,(H,21,24). The predicted molar refractivity (Wildman–Crippen MR) is 101 cm³/mol. The van der Waals surface area contributed by atoms with Crippen LogP contribution in [0.1, 0.15) is 17.4 Å². The molecule has 0 atom stereocenters. The number of aromatic nitrogens is 2. The Morgan fingerprint density at radius 3 is 2.62 bits per heavy atom. The van der Waals surface area contributed by atoms with Gasteiger partial charge >= 0.3 is 0 Å². The van der Waals surface area contributed by atoms with Crippen LogP contribution in [0.2, 0.25) is 0 Å². The predicted octanol–water partition coefficient (Wildman–Crippen LogP) is 3.84. The van der Waals surface area contributed by atoms with Gasteiger partial charge in [-0.2, -0.15) is 5.10 Å². The molecule has 1 aromatic heterocycles. The number of nitrogens with zero attached hydrogens (tertiary/aromatic N) is 2. The second kappa shape index (κ2) is 7.74. The average Bonchev–Trinajstić information content (AvgIpc) is 3.12. The molecule has 3 aromatic rings. The van der Waals surface area contributed by atoms with Gasteiger partial charge in [0.2, 0.25) is 0 Å². The molecule has 1 heterocycles. The van der Waals surface area contributed by atoms with Crippen molar-refractivity contribution in [2.24, 2.45) is 0 Å². The Morgan fingerprint density at radius 1 is 1.08 bits per heavy atom. The Morgan fingerprint density at radius 2 is 1.88 bits per heavy atom. The fourth-order valence-corrected chi connectivity index (χ4v) is 2.74. The fraction of sp³-hybridized carbons (Fsp3) is 0.200. The van der Waals surface area contributed by atoms with Crippen molar-refractivity contribution in [2.75, 3.05) is 19.5 Å². The maximum atomic E-state index is 12.6. The molecule has 1 N–H and O–H groups in total. The van der Waals surface area contributed by atoms with Crippen LogP contribution < -0.4 is 14.8 Å². The number of hydrogen-bond donors (Lipinski definition) is 1. The fourth-order valence-electron chi connectivity index (χ4n) is 2.74. The van der Waals surface area contributed by atoms with Crippen molar-refractivity contribution in [1.29, 1.82) is 0 Å². The maximum Gasteiger partial charge on any atom is 0.276 e. The molecule has 134 valence electrons. The van der Waals surface area contributed by atoms with E-state index in [4.69, 9.17) is 9.47 Å². The molecule has 0 spiro atoms. The molecule has 0 aliphatic rings. The maximum absolute atomic E-state index is 12.6. The highest BCUT2D eigenvalue weighted by Crippen LogP contribution is 2.30. The summed E-state index contributed by atoms with van der Waals surface area (Å²) in [5.41, 5.74) is 2.72. The molecule has 0 aliphatic carbocycles. The third-order valence-corrected chi connectivity index (χ3v) is 4.02. The first-order valence-electron chi connectivity index (χ1n) is 8.33. The monoisotopic (exact) mass is 351 g/mol. The lowest BCUT2D eigenvalue weighted by Crippen LogP contribution is -2.13. The van der Waals surface area contributed by atoms with E-state index in [0.29, 0.717) is 23.7 Å². The number of methoxy groups -OCH3 is 2. The number of anilines is 1. The Labute approximate surface area is 152 Å². The lowest BCUT2D eigenvalue weighted by atomic mass is 10.1. The zero-order valence-electron chi connectivity index (χ0n) is 15.0. The Hall–Kier alpha value is -3.28. The number of ether oxygens (including phenoxy) is 2. The molecule has 1 amide bonds. The molecule has 0 fully saturated rings. The molecule has 26 heavy (non-hydrogen) atoms. The van der Waals surface area contributed by atoms with Crippen LogP contribution in [0.25, 0.3) is 11.3 Å². The zero-order chi connectivity index (χ0) is 18.5. The number of rotatable bonds is 6. The second-order valence-corrected chi connectivity index (χ2v) is 5.62. The highest BCUT2D eigenvalue weighted by molar-refractivity contribution is 6.03. The van der Waals surface area contributed by atoms with Crippen molar-refractivity contribution in [3.8, 4) is 22.8 Å². The van der Waals surface area contributed by atoms with Crippen molar-refractivity contribution >= 4 is 11.6 Å². The first-order chi connectivity index (χ1) is 12.7. The first kappa shape index (κ1) is 17.5. The van der Waals surface area contributed by atoms with Gasteiger partial charge in [-0.25, -0.2) is 0 Å². The van der Waals surface area contributed by atoms with Gasteiger partial charge < -0.3 is 14.8 Å². The third kappa shape index (κ3) is 3.54. The minimum atomic E-state index is -0.276. The summed E-state index contributed by atoms with van der Waals surface area (Å²) in [4.78, 5) is 12.6. The molecule has 3 rings (SSSR count). The van der Waals surface area contributed by atoms with Gasteiger partial charge in [-0.1, -0.05) is 18.2 Å². The largest absolute Gasteiger partial charge is 0.497 e. The molecular formula is C20H21N3O3. The minimum Gasteiger partial charge on any atom is -0.497 e. The minimum absolute atomic E-state index is 0.276. The van der Waals surface area contributed by atoms with Crippen molar-refractivity contribution < 1.29 is 14.3 Å². The number of carbonyl (C=O) groups is 1. The highest BCUT2D eigenvalue weighted by atomic mass is 16.5. The summed E-state index contributed by atoms with van der Waals surface area (Å²) in [6.45, 7) is 2.62. The van der Waals surface area contributed by atoms with Crippen LogP contribution in [0.5, 0.6) is 11.5 Å². The van der Waals surface area contributed by atoms with Crippen LogP contribution in [0.15, 0.2) is 54.6 Å². The second-order valence-electron chi connectivity index (χ2n) is 5.62. The Kier molecular flexibility index (Phi) is 5.22. The molecule has 0 radical (unpaired) electrons. The summed E-state index contributed by atoms with van der Waals surface area (Å²) in [6, 6.07) is 16.7. The Bertz CT molecular complexity index is 918. The van der Waals surface area contributed by atoms with E-state index in [1.807, 2.05) is 43.3 Å². The van der Waals surface area contributed by atoms with Crippen LogP contribution in [-0.2, 0) is 6.54 Å². The number of para-hydroxylation sites is 1. The summed E-state index contributed by atoms with van der Waals surface area (Å²) >= 11 is 0. The van der Waals surface area contributed by atoms with E-state index in [1.54, 1.807) is 37.1 Å². The van der Waals surface area contributed by atoms with Gasteiger partial charge in [-0.05, 0) is 37.3 Å². The van der Waals surface area contributed by atoms with Crippen molar-refractivity contribution in [3.63, 3.8) is 0 Å².